The second-order valence-electron chi connectivity index (χ2n) is 9.30. The van der Waals surface area contributed by atoms with Gasteiger partial charge in [0.1, 0.15) is 11.7 Å². The van der Waals surface area contributed by atoms with Gasteiger partial charge in [-0.2, -0.15) is 39.5 Å². The fourth-order valence-corrected chi connectivity index (χ4v) is 6.13. The maximum Gasteiger partial charge on any atom is 0.417 e. The fourth-order valence-electron chi connectivity index (χ4n) is 3.82. The number of carbonyl (C=O) groups excluding carboxylic acids is 1. The number of ketones is 1. The molecule has 0 heterocycles. The normalized spacial score (nSPS) is 15.0. The Bertz CT molecular complexity index is 1430. The van der Waals surface area contributed by atoms with Gasteiger partial charge in [-0.15, -0.1) is 0 Å². The van der Waals surface area contributed by atoms with Crippen LogP contribution in [0.1, 0.15) is 52.7 Å². The summed E-state index contributed by atoms with van der Waals surface area (Å²) in [7, 11) is -4.32. The maximum absolute atomic E-state index is 15.0. The molecule has 0 amide bonds. The molecule has 2 rings (SSSR count). The third kappa shape index (κ3) is 10.3. The number of Topliss-reactive ketones (excluding diaryl/α,β-unsaturated/α-hetero) is 1. The molecule has 0 saturated carbocycles. The monoisotopic (exact) mass is 694 g/mol. The third-order valence-corrected chi connectivity index (χ3v) is 8.80. The predicted octanol–water partition coefficient (Wildman–Crippen LogP) is 9.90. The van der Waals surface area contributed by atoms with E-state index >= 15 is 4.39 Å². The molecule has 1 unspecified atom stereocenters. The van der Waals surface area contributed by atoms with Crippen LogP contribution in [0.3, 0.4) is 0 Å². The maximum atomic E-state index is 15.0. The van der Waals surface area contributed by atoms with Crippen LogP contribution in [-0.2, 0) is 16.0 Å². The minimum atomic E-state index is -5.30. The van der Waals surface area contributed by atoms with E-state index in [9.17, 15) is 52.7 Å². The number of rotatable bonds is 10. The van der Waals surface area contributed by atoms with Gasteiger partial charge in [0.25, 0.3) is 0 Å². The molecule has 0 aromatic heterocycles. The predicted molar refractivity (Wildman–Crippen MR) is 138 cm³/mol. The summed E-state index contributed by atoms with van der Waals surface area (Å²) in [5, 5.41) is -1.07. The van der Waals surface area contributed by atoms with E-state index < -0.39 is 108 Å². The van der Waals surface area contributed by atoms with Gasteiger partial charge in [0.2, 0.25) is 0 Å². The molecule has 0 aliphatic carbocycles. The first kappa shape index (κ1) is 36.2. The minimum Gasteiger partial charge on any atom is -0.294 e. The summed E-state index contributed by atoms with van der Waals surface area (Å²) in [4.78, 5) is 12.6. The second-order valence-corrected chi connectivity index (χ2v) is 12.7. The van der Waals surface area contributed by atoms with Crippen LogP contribution in [0.25, 0.3) is 5.83 Å². The lowest BCUT2D eigenvalue weighted by Crippen LogP contribution is -2.23. The van der Waals surface area contributed by atoms with Crippen molar-refractivity contribution in [3.63, 3.8) is 0 Å². The number of halogens is 13. The highest BCUT2D eigenvalue weighted by Gasteiger charge is 2.41. The highest BCUT2D eigenvalue weighted by Crippen LogP contribution is 2.43. The minimum absolute atomic E-state index is 0.0131. The summed E-state index contributed by atoms with van der Waals surface area (Å²) in [6, 6.07) is 2.75. The van der Waals surface area contributed by atoms with Crippen molar-refractivity contribution in [2.45, 2.75) is 44.2 Å². The van der Waals surface area contributed by atoms with Gasteiger partial charge in [-0.05, 0) is 35.8 Å². The smallest absolute Gasteiger partial charge is 0.294 e. The number of alkyl halides is 9. The largest absolute Gasteiger partial charge is 0.417 e. The lowest BCUT2D eigenvalue weighted by molar-refractivity contribution is -0.140. The molecule has 42 heavy (non-hydrogen) atoms. The Morgan fingerprint density at radius 2 is 1.48 bits per heavy atom. The van der Waals surface area contributed by atoms with Crippen LogP contribution in [0.4, 0.5) is 43.9 Å². The Kier molecular flexibility index (Phi) is 11.5. The molecule has 2 aromatic carbocycles. The van der Waals surface area contributed by atoms with Crippen LogP contribution in [-0.4, -0.2) is 38.1 Å². The Hall–Kier alpha value is -2.03. The van der Waals surface area contributed by atoms with E-state index in [1.807, 2.05) is 0 Å². The van der Waals surface area contributed by atoms with E-state index in [1.54, 1.807) is 0 Å². The zero-order valence-electron chi connectivity index (χ0n) is 21.0. The molecule has 0 aliphatic heterocycles. The Morgan fingerprint density at radius 3 is 1.95 bits per heavy atom. The van der Waals surface area contributed by atoms with Crippen LogP contribution in [0.2, 0.25) is 15.1 Å². The summed E-state index contributed by atoms with van der Waals surface area (Å²) in [6.07, 6.45) is -17.7. The van der Waals surface area contributed by atoms with Crippen LogP contribution >= 0.6 is 34.8 Å². The molecule has 0 bridgehead atoms. The zero-order chi connectivity index (χ0) is 32.4. The molecular formula is C25H19Cl3F10O3S. The first-order chi connectivity index (χ1) is 18.9. The lowest BCUT2D eigenvalue weighted by Gasteiger charge is -2.19. The quantitative estimate of drug-likeness (QED) is 0.141. The number of hydrogen-bond acceptors (Lipinski definition) is 3. The van der Waals surface area contributed by atoms with Gasteiger partial charge >= 0.3 is 18.5 Å². The molecule has 2 aromatic rings. The van der Waals surface area contributed by atoms with E-state index in [0.29, 0.717) is 12.1 Å². The van der Waals surface area contributed by atoms with Crippen molar-refractivity contribution in [1.82, 2.24) is 0 Å². The van der Waals surface area contributed by atoms with Crippen molar-refractivity contribution in [2.24, 2.45) is 5.92 Å². The zero-order valence-corrected chi connectivity index (χ0v) is 24.1. The van der Waals surface area contributed by atoms with Crippen molar-refractivity contribution < 1.29 is 57.1 Å². The SMILES string of the molecule is C[C@@H](CC(=O)c1ccc(/C(F)=C/C(c2cc(Cl)c(Cl)c(Cl)c2)C(F)(F)F)cc1C(F)(F)F)CS(=O)(=O)CCC(F)(F)F. The van der Waals surface area contributed by atoms with Crippen LogP contribution in [0.5, 0.6) is 0 Å². The molecule has 2 atom stereocenters. The Labute approximate surface area is 248 Å². The van der Waals surface area contributed by atoms with Crippen molar-refractivity contribution in [1.29, 1.82) is 0 Å². The molecule has 0 radical (unpaired) electrons. The number of hydrogen-bond donors (Lipinski definition) is 0. The van der Waals surface area contributed by atoms with Crippen molar-refractivity contribution >= 4 is 56.3 Å². The summed E-state index contributed by atoms with van der Waals surface area (Å²) in [5.74, 6) is -9.14. The van der Waals surface area contributed by atoms with Gasteiger partial charge in [-0.3, -0.25) is 4.79 Å². The standard InChI is InChI=1S/C25H19Cl3F10O3S/c1-12(11-42(40,41)5-4-23(30,31)32)6-21(39)15-3-2-13(7-17(15)25(36,37)38)20(29)10-16(24(33,34)35)14-8-18(26)22(28)19(27)9-14/h2-3,7-10,12,16H,4-6,11H2,1H3/b20-10-/t12-,16?/m0/s1. The van der Waals surface area contributed by atoms with E-state index in [-0.39, 0.29) is 17.2 Å². The molecule has 0 fully saturated rings. The summed E-state index contributed by atoms with van der Waals surface area (Å²) < 4.78 is 159. The molecule has 0 aliphatic rings. The second kappa shape index (κ2) is 13.3. The van der Waals surface area contributed by atoms with Gasteiger partial charge in [-0.25, -0.2) is 12.8 Å². The first-order valence-electron chi connectivity index (χ1n) is 11.5. The van der Waals surface area contributed by atoms with Crippen LogP contribution in [0.15, 0.2) is 36.4 Å². The average Bonchev–Trinajstić information content (AvgIpc) is 2.81. The topological polar surface area (TPSA) is 51.2 Å². The Balaban J connectivity index is 2.42. The van der Waals surface area contributed by atoms with Gasteiger partial charge in [-0.1, -0.05) is 53.9 Å². The average molecular weight is 696 g/mol. The number of allylic oxidation sites excluding steroid dienone is 1. The van der Waals surface area contributed by atoms with Crippen LogP contribution in [0, 0.1) is 5.92 Å². The molecular weight excluding hydrogens is 677 g/mol. The van der Waals surface area contributed by atoms with E-state index in [4.69, 9.17) is 34.8 Å². The highest BCUT2D eigenvalue weighted by molar-refractivity contribution is 7.91. The lowest BCUT2D eigenvalue weighted by atomic mass is 9.93. The Morgan fingerprint density at radius 1 is 0.929 bits per heavy atom. The van der Waals surface area contributed by atoms with Crippen molar-refractivity contribution in [2.75, 3.05) is 11.5 Å². The number of benzene rings is 2. The van der Waals surface area contributed by atoms with Gasteiger partial charge in [0, 0.05) is 17.5 Å². The van der Waals surface area contributed by atoms with E-state index in [2.05, 4.69) is 0 Å². The summed E-state index contributed by atoms with van der Waals surface area (Å²) >= 11 is 17.2. The van der Waals surface area contributed by atoms with E-state index in [1.165, 1.54) is 0 Å². The number of carbonyl (C=O) groups is 1. The summed E-state index contributed by atoms with van der Waals surface area (Å²) in [5.41, 5.74) is -4.40. The van der Waals surface area contributed by atoms with Crippen molar-refractivity contribution in [3.05, 3.63) is 73.7 Å². The molecule has 0 spiro atoms. The fraction of sp³-hybridized carbons (Fsp3) is 0.400. The number of sulfone groups is 1. The highest BCUT2D eigenvalue weighted by atomic mass is 35.5. The molecule has 3 nitrogen and oxygen atoms in total. The van der Waals surface area contributed by atoms with E-state index in [0.717, 1.165) is 19.1 Å². The first-order valence-corrected chi connectivity index (χ1v) is 14.5. The van der Waals surface area contributed by atoms with Crippen LogP contribution < -0.4 is 0 Å². The van der Waals surface area contributed by atoms with Gasteiger partial charge in [0.15, 0.2) is 15.6 Å². The summed E-state index contributed by atoms with van der Waals surface area (Å²) in [6.45, 7) is 1.12. The van der Waals surface area contributed by atoms with Gasteiger partial charge < -0.3 is 0 Å². The molecule has 234 valence electrons. The molecule has 0 saturated heterocycles. The third-order valence-electron chi connectivity index (χ3n) is 5.70. The van der Waals surface area contributed by atoms with Crippen molar-refractivity contribution in [3.8, 4) is 0 Å². The van der Waals surface area contributed by atoms with Gasteiger partial charge in [0.05, 0.1) is 38.6 Å². The molecule has 17 heteroatoms. The molecule has 0 N–H and O–H groups in total.